The van der Waals surface area contributed by atoms with E-state index in [1.807, 2.05) is 48.5 Å². The van der Waals surface area contributed by atoms with Gasteiger partial charge in [-0.1, -0.05) is 72.8 Å². The fourth-order valence-corrected chi connectivity index (χ4v) is 7.73. The van der Waals surface area contributed by atoms with E-state index in [1.165, 1.54) is 10.8 Å². The zero-order valence-corrected chi connectivity index (χ0v) is 26.1. The summed E-state index contributed by atoms with van der Waals surface area (Å²) in [5, 5.41) is 25.9. The maximum absolute atomic E-state index is 9.75. The Morgan fingerprint density at radius 2 is 0.980 bits per heavy atom. The van der Waals surface area contributed by atoms with Crippen LogP contribution in [0.2, 0.25) is 0 Å². The minimum absolute atomic E-state index is 0.581. The summed E-state index contributed by atoms with van der Waals surface area (Å²) < 4.78 is 11.0. The van der Waals surface area contributed by atoms with Gasteiger partial charge in [0.1, 0.15) is 11.2 Å². The van der Waals surface area contributed by atoms with Gasteiger partial charge in [-0.3, -0.25) is 0 Å². The van der Waals surface area contributed by atoms with E-state index in [0.717, 1.165) is 77.3 Å². The van der Waals surface area contributed by atoms with Crippen molar-refractivity contribution in [2.45, 2.75) is 0 Å². The number of benzene rings is 7. The fraction of sp³-hybridized carbons (Fsp3) is 0. The van der Waals surface area contributed by atoms with Gasteiger partial charge in [-0.25, -0.2) is 0 Å². The van der Waals surface area contributed by atoms with Crippen LogP contribution in [0.4, 0.5) is 0 Å². The monoisotopic (exact) mass is 624 g/mol. The van der Waals surface area contributed by atoms with Crippen molar-refractivity contribution in [1.82, 2.24) is 9.13 Å². The molecule has 0 amide bonds. The van der Waals surface area contributed by atoms with E-state index < -0.39 is 0 Å². The van der Waals surface area contributed by atoms with Crippen LogP contribution in [0.15, 0.2) is 150 Å². The smallest absolute Gasteiger partial charge is 0.137 e. The summed E-state index contributed by atoms with van der Waals surface area (Å²) in [6.45, 7) is 0. The van der Waals surface area contributed by atoms with Gasteiger partial charge in [0.25, 0.3) is 0 Å². The molecule has 10 aromatic rings. The lowest BCUT2D eigenvalue weighted by Crippen LogP contribution is -2.01. The molecule has 0 aliphatic heterocycles. The number of para-hydroxylation sites is 4. The van der Waals surface area contributed by atoms with E-state index >= 15 is 0 Å². The molecular weight excluding hydrogens is 601 g/mol. The highest BCUT2D eigenvalue weighted by Crippen LogP contribution is 2.44. The first kappa shape index (κ1) is 27.1. The summed E-state index contributed by atoms with van der Waals surface area (Å²) in [4.78, 5) is 0. The second-order valence-corrected chi connectivity index (χ2v) is 12.3. The minimum Gasteiger partial charge on any atom is -0.456 e. The molecule has 3 heterocycles. The first-order valence-corrected chi connectivity index (χ1v) is 16.1. The Hall–Kier alpha value is -7.08. The molecule has 0 aliphatic rings. The second-order valence-electron chi connectivity index (χ2n) is 12.3. The van der Waals surface area contributed by atoms with Crippen LogP contribution in [0, 0.1) is 22.7 Å². The lowest BCUT2D eigenvalue weighted by Gasteiger charge is -2.18. The van der Waals surface area contributed by atoms with Gasteiger partial charge in [0.15, 0.2) is 0 Å². The highest BCUT2D eigenvalue weighted by molar-refractivity contribution is 6.24. The number of nitriles is 2. The topological polar surface area (TPSA) is 70.6 Å². The van der Waals surface area contributed by atoms with Crippen molar-refractivity contribution in [3.63, 3.8) is 0 Å². The van der Waals surface area contributed by atoms with Crippen LogP contribution in [0.25, 0.3) is 88.1 Å². The predicted octanol–water partition coefficient (Wildman–Crippen LogP) is 11.2. The largest absolute Gasteiger partial charge is 0.456 e. The summed E-state index contributed by atoms with van der Waals surface area (Å²) in [6, 6.07) is 54.3. The summed E-state index contributed by atoms with van der Waals surface area (Å²) in [5.41, 5.74) is 11.2. The molecule has 5 heteroatoms. The van der Waals surface area contributed by atoms with E-state index in [1.54, 1.807) is 0 Å². The lowest BCUT2D eigenvalue weighted by atomic mass is 10.0. The first-order chi connectivity index (χ1) is 24.2. The molecule has 5 nitrogen and oxygen atoms in total. The van der Waals surface area contributed by atoms with Crippen molar-refractivity contribution in [3.8, 4) is 34.6 Å². The van der Waals surface area contributed by atoms with E-state index in [2.05, 4.69) is 118 Å². The van der Waals surface area contributed by atoms with Gasteiger partial charge in [-0.2, -0.15) is 10.5 Å². The van der Waals surface area contributed by atoms with Gasteiger partial charge < -0.3 is 13.6 Å². The molecule has 0 atom stereocenters. The Morgan fingerprint density at radius 3 is 1.65 bits per heavy atom. The second kappa shape index (κ2) is 10.2. The zero-order valence-electron chi connectivity index (χ0n) is 26.1. The molecule has 10 rings (SSSR count). The molecule has 0 saturated carbocycles. The number of nitrogens with zero attached hydrogens (tertiary/aromatic N) is 4. The van der Waals surface area contributed by atoms with Crippen molar-refractivity contribution >= 4 is 65.6 Å². The van der Waals surface area contributed by atoms with Gasteiger partial charge in [0.05, 0.1) is 62.1 Å². The predicted molar refractivity (Wildman–Crippen MR) is 197 cm³/mol. The molecule has 7 aromatic carbocycles. The number of hydrogen-bond acceptors (Lipinski definition) is 3. The van der Waals surface area contributed by atoms with Crippen LogP contribution in [0.3, 0.4) is 0 Å². The maximum atomic E-state index is 9.75. The number of fused-ring (bicyclic) bond motifs is 10. The molecular formula is C44H24N4O. The van der Waals surface area contributed by atoms with Crippen LogP contribution < -0.4 is 0 Å². The van der Waals surface area contributed by atoms with Gasteiger partial charge in [-0.15, -0.1) is 0 Å². The van der Waals surface area contributed by atoms with E-state index in [4.69, 9.17) is 4.42 Å². The number of hydrogen-bond donors (Lipinski definition) is 0. The molecule has 49 heavy (non-hydrogen) atoms. The number of rotatable bonds is 3. The quantitative estimate of drug-likeness (QED) is 0.196. The molecule has 0 aliphatic carbocycles. The Balaban J connectivity index is 1.32. The molecule has 0 unspecified atom stereocenters. The average molecular weight is 625 g/mol. The van der Waals surface area contributed by atoms with E-state index in [9.17, 15) is 10.5 Å². The molecule has 0 spiro atoms. The SMILES string of the molecule is N#Cc1ccc2c(c1)c1cc(C#N)ccc1n2-c1ccccc1-c1ccccc1-n1c2ccccc2c2ccc3oc4ccccc4c3c21. The van der Waals surface area contributed by atoms with Crippen molar-refractivity contribution in [1.29, 1.82) is 10.5 Å². The molecule has 0 saturated heterocycles. The molecule has 0 bridgehead atoms. The average Bonchev–Trinajstić information content (AvgIpc) is 3.81. The van der Waals surface area contributed by atoms with Crippen molar-refractivity contribution in [2.24, 2.45) is 0 Å². The highest BCUT2D eigenvalue weighted by atomic mass is 16.3. The van der Waals surface area contributed by atoms with Crippen LogP contribution in [-0.4, -0.2) is 9.13 Å². The lowest BCUT2D eigenvalue weighted by molar-refractivity contribution is 0.669. The van der Waals surface area contributed by atoms with Gasteiger partial charge >= 0.3 is 0 Å². The molecule has 0 fully saturated rings. The third-order valence-corrected chi connectivity index (χ3v) is 9.78. The molecule has 0 radical (unpaired) electrons. The number of aromatic nitrogens is 2. The molecule has 3 aromatic heterocycles. The first-order valence-electron chi connectivity index (χ1n) is 16.1. The van der Waals surface area contributed by atoms with E-state index in [0.29, 0.717) is 11.1 Å². The van der Waals surface area contributed by atoms with Crippen molar-refractivity contribution in [2.75, 3.05) is 0 Å². The van der Waals surface area contributed by atoms with E-state index in [-0.39, 0.29) is 0 Å². The van der Waals surface area contributed by atoms with Gasteiger partial charge in [0, 0.05) is 38.1 Å². The molecule has 0 N–H and O–H groups in total. The summed E-state index contributed by atoms with van der Waals surface area (Å²) >= 11 is 0. The van der Waals surface area contributed by atoms with Gasteiger partial charge in [0.2, 0.25) is 0 Å². The Morgan fingerprint density at radius 1 is 0.429 bits per heavy atom. The third kappa shape index (κ3) is 3.79. The Bertz CT molecular complexity index is 3010. The van der Waals surface area contributed by atoms with Crippen molar-refractivity contribution in [3.05, 3.63) is 157 Å². The van der Waals surface area contributed by atoms with Crippen molar-refractivity contribution < 1.29 is 4.42 Å². The summed E-state index contributed by atoms with van der Waals surface area (Å²) in [6.07, 6.45) is 0. The van der Waals surface area contributed by atoms with Crippen LogP contribution in [0.1, 0.15) is 11.1 Å². The summed E-state index contributed by atoms with van der Waals surface area (Å²) in [7, 11) is 0. The third-order valence-electron chi connectivity index (χ3n) is 9.78. The van der Waals surface area contributed by atoms with Crippen LogP contribution in [0.5, 0.6) is 0 Å². The Kier molecular flexibility index (Phi) is 5.64. The van der Waals surface area contributed by atoms with Gasteiger partial charge in [-0.05, 0) is 72.8 Å². The Labute approximate surface area is 280 Å². The molecule has 226 valence electrons. The maximum Gasteiger partial charge on any atom is 0.137 e. The van der Waals surface area contributed by atoms with Crippen LogP contribution in [-0.2, 0) is 0 Å². The standard InChI is InChI=1S/C44H24N4O/c45-25-27-17-20-39-34(23-27)35-24-28(26-46)18-21-40(35)47(39)36-13-5-1-9-29(36)30-10-2-6-14-37(30)48-38-15-7-3-11-31(38)32-19-22-42-43(44(32)48)33-12-4-8-16-41(33)49-42/h1-24H. The fourth-order valence-electron chi connectivity index (χ4n) is 7.73. The van der Waals surface area contributed by atoms with Crippen LogP contribution >= 0.6 is 0 Å². The number of furan rings is 1. The minimum atomic E-state index is 0.581. The summed E-state index contributed by atoms with van der Waals surface area (Å²) in [5.74, 6) is 0. The normalized spacial score (nSPS) is 11.6. The zero-order chi connectivity index (χ0) is 32.6. The highest BCUT2D eigenvalue weighted by Gasteiger charge is 2.22.